The summed E-state index contributed by atoms with van der Waals surface area (Å²) in [5.41, 5.74) is 0. The van der Waals surface area contributed by atoms with Crippen LogP contribution in [0.2, 0.25) is 5.15 Å². The number of likely N-dealkylation sites (N-methyl/N-ethyl adjacent to an activating group) is 1. The highest BCUT2D eigenvalue weighted by molar-refractivity contribution is 7.17. The first-order chi connectivity index (χ1) is 8.74. The van der Waals surface area contributed by atoms with Crippen molar-refractivity contribution in [1.82, 2.24) is 15.1 Å². The highest BCUT2D eigenvalue weighted by Crippen LogP contribution is 2.31. The molecule has 0 saturated carbocycles. The van der Waals surface area contributed by atoms with Gasteiger partial charge in [0.25, 0.3) is 0 Å². The molecule has 3 heterocycles. The first kappa shape index (κ1) is 12.1. The van der Waals surface area contributed by atoms with Crippen LogP contribution >= 0.6 is 22.9 Å². The SMILES string of the molecule is CN1CCC[C@@H](Nc2nnc(Cl)c3sccc23)C1. The summed E-state index contributed by atoms with van der Waals surface area (Å²) in [5.74, 6) is 0.857. The van der Waals surface area contributed by atoms with Crippen molar-refractivity contribution >= 4 is 38.8 Å². The fourth-order valence-electron chi connectivity index (χ4n) is 2.43. The maximum atomic E-state index is 6.04. The number of hydrogen-bond donors (Lipinski definition) is 1. The summed E-state index contributed by atoms with van der Waals surface area (Å²) in [4.78, 5) is 2.34. The molecular formula is C12H15ClN4S. The summed E-state index contributed by atoms with van der Waals surface area (Å²) in [6, 6.07) is 2.50. The monoisotopic (exact) mass is 282 g/mol. The van der Waals surface area contributed by atoms with Crippen molar-refractivity contribution in [3.63, 3.8) is 0 Å². The molecule has 0 aliphatic carbocycles. The van der Waals surface area contributed by atoms with Crippen molar-refractivity contribution in [2.24, 2.45) is 0 Å². The molecule has 0 radical (unpaired) electrons. The molecule has 3 rings (SSSR count). The number of rotatable bonds is 2. The van der Waals surface area contributed by atoms with Crippen molar-refractivity contribution in [3.8, 4) is 0 Å². The minimum atomic E-state index is 0.447. The molecule has 6 heteroatoms. The van der Waals surface area contributed by atoms with Crippen LogP contribution in [0.5, 0.6) is 0 Å². The minimum absolute atomic E-state index is 0.447. The summed E-state index contributed by atoms with van der Waals surface area (Å²) in [6.07, 6.45) is 2.41. The second-order valence-electron chi connectivity index (χ2n) is 4.75. The summed E-state index contributed by atoms with van der Waals surface area (Å²) in [5, 5.41) is 15.3. The molecule has 1 aliphatic heterocycles. The highest BCUT2D eigenvalue weighted by Gasteiger charge is 2.19. The number of aromatic nitrogens is 2. The zero-order valence-corrected chi connectivity index (χ0v) is 11.8. The van der Waals surface area contributed by atoms with Crippen LogP contribution in [0.15, 0.2) is 11.4 Å². The predicted octanol–water partition coefficient (Wildman–Crippen LogP) is 2.85. The third kappa shape index (κ3) is 2.30. The summed E-state index contributed by atoms with van der Waals surface area (Å²) in [6.45, 7) is 2.23. The normalized spacial score (nSPS) is 21.3. The molecule has 0 unspecified atom stereocenters. The third-order valence-electron chi connectivity index (χ3n) is 3.31. The van der Waals surface area contributed by atoms with Crippen LogP contribution in [0, 0.1) is 0 Å². The van der Waals surface area contributed by atoms with Crippen LogP contribution < -0.4 is 5.32 Å². The van der Waals surface area contributed by atoms with Crippen LogP contribution in [0.3, 0.4) is 0 Å². The Balaban J connectivity index is 1.86. The van der Waals surface area contributed by atoms with Gasteiger partial charge in [-0.1, -0.05) is 11.6 Å². The van der Waals surface area contributed by atoms with E-state index in [0.29, 0.717) is 11.2 Å². The number of anilines is 1. The number of nitrogens with one attached hydrogen (secondary N) is 1. The lowest BCUT2D eigenvalue weighted by Crippen LogP contribution is -2.39. The van der Waals surface area contributed by atoms with E-state index >= 15 is 0 Å². The largest absolute Gasteiger partial charge is 0.364 e. The Hall–Kier alpha value is -0.910. The second-order valence-corrected chi connectivity index (χ2v) is 6.02. The van der Waals surface area contributed by atoms with Gasteiger partial charge in [-0.3, -0.25) is 0 Å². The predicted molar refractivity (Wildman–Crippen MR) is 76.6 cm³/mol. The van der Waals surface area contributed by atoms with Crippen molar-refractivity contribution in [1.29, 1.82) is 0 Å². The van der Waals surface area contributed by atoms with Gasteiger partial charge in [0.2, 0.25) is 0 Å². The molecule has 18 heavy (non-hydrogen) atoms. The van der Waals surface area contributed by atoms with Gasteiger partial charge in [0, 0.05) is 18.0 Å². The van der Waals surface area contributed by atoms with Gasteiger partial charge in [-0.05, 0) is 37.9 Å². The number of piperidine rings is 1. The zero-order chi connectivity index (χ0) is 12.5. The van der Waals surface area contributed by atoms with Gasteiger partial charge in [0.15, 0.2) is 11.0 Å². The highest BCUT2D eigenvalue weighted by atomic mass is 35.5. The van der Waals surface area contributed by atoms with E-state index in [1.165, 1.54) is 19.4 Å². The second kappa shape index (κ2) is 4.99. The van der Waals surface area contributed by atoms with E-state index < -0.39 is 0 Å². The summed E-state index contributed by atoms with van der Waals surface area (Å²) in [7, 11) is 2.15. The Bertz CT molecular complexity index is 556. The quantitative estimate of drug-likeness (QED) is 0.920. The maximum Gasteiger partial charge on any atom is 0.169 e. The van der Waals surface area contributed by atoms with Gasteiger partial charge < -0.3 is 10.2 Å². The fraction of sp³-hybridized carbons (Fsp3) is 0.500. The molecule has 2 aromatic rings. The van der Waals surface area contributed by atoms with Crippen LogP contribution in [-0.2, 0) is 0 Å². The zero-order valence-electron chi connectivity index (χ0n) is 10.2. The van der Waals surface area contributed by atoms with Gasteiger partial charge in [-0.15, -0.1) is 21.5 Å². The Kier molecular flexibility index (Phi) is 3.37. The Morgan fingerprint density at radius 1 is 1.50 bits per heavy atom. The molecule has 4 nitrogen and oxygen atoms in total. The van der Waals surface area contributed by atoms with Crippen LogP contribution in [0.25, 0.3) is 10.1 Å². The van der Waals surface area contributed by atoms with E-state index in [4.69, 9.17) is 11.6 Å². The molecule has 96 valence electrons. The Labute approximate surface area is 115 Å². The lowest BCUT2D eigenvalue weighted by atomic mass is 10.1. The molecule has 0 spiro atoms. The maximum absolute atomic E-state index is 6.04. The van der Waals surface area contributed by atoms with E-state index in [2.05, 4.69) is 33.5 Å². The van der Waals surface area contributed by atoms with Crippen molar-refractivity contribution in [2.45, 2.75) is 18.9 Å². The summed E-state index contributed by atoms with van der Waals surface area (Å²) < 4.78 is 1.01. The van der Waals surface area contributed by atoms with E-state index in [9.17, 15) is 0 Å². The number of thiophene rings is 1. The summed E-state index contributed by atoms with van der Waals surface area (Å²) >= 11 is 7.64. The standard InChI is InChI=1S/C12H15ClN4S/c1-17-5-2-3-8(7-17)14-12-9-4-6-18-10(9)11(13)15-16-12/h4,6,8H,2-3,5,7H2,1H3,(H,14,16)/t8-/m1/s1. The van der Waals surface area contributed by atoms with Gasteiger partial charge in [-0.25, -0.2) is 0 Å². The first-order valence-corrected chi connectivity index (χ1v) is 7.34. The minimum Gasteiger partial charge on any atom is -0.364 e. The topological polar surface area (TPSA) is 41.0 Å². The van der Waals surface area contributed by atoms with Crippen molar-refractivity contribution < 1.29 is 0 Å². The van der Waals surface area contributed by atoms with Gasteiger partial charge in [-0.2, -0.15) is 0 Å². The van der Waals surface area contributed by atoms with Crippen LogP contribution in [0.4, 0.5) is 5.82 Å². The fourth-order valence-corrected chi connectivity index (χ4v) is 3.48. The number of fused-ring (bicyclic) bond motifs is 1. The average molecular weight is 283 g/mol. The molecule has 0 bridgehead atoms. The Morgan fingerprint density at radius 3 is 3.22 bits per heavy atom. The number of hydrogen-bond acceptors (Lipinski definition) is 5. The van der Waals surface area contributed by atoms with E-state index in [0.717, 1.165) is 22.4 Å². The van der Waals surface area contributed by atoms with E-state index in [1.54, 1.807) is 11.3 Å². The van der Waals surface area contributed by atoms with Gasteiger partial charge >= 0.3 is 0 Å². The number of nitrogens with zero attached hydrogens (tertiary/aromatic N) is 3. The molecule has 1 atom stereocenters. The third-order valence-corrected chi connectivity index (χ3v) is 4.61. The van der Waals surface area contributed by atoms with Gasteiger partial charge in [0.1, 0.15) is 0 Å². The van der Waals surface area contributed by atoms with Gasteiger partial charge in [0.05, 0.1) is 4.70 Å². The molecule has 1 saturated heterocycles. The average Bonchev–Trinajstić information content (AvgIpc) is 2.83. The smallest absolute Gasteiger partial charge is 0.169 e. The lowest BCUT2D eigenvalue weighted by Gasteiger charge is -2.30. The molecule has 1 aliphatic rings. The molecule has 2 aromatic heterocycles. The molecule has 1 N–H and O–H groups in total. The number of halogens is 1. The Morgan fingerprint density at radius 2 is 2.39 bits per heavy atom. The number of likely N-dealkylation sites (tertiary alicyclic amines) is 1. The van der Waals surface area contributed by atoms with Crippen LogP contribution in [0.1, 0.15) is 12.8 Å². The van der Waals surface area contributed by atoms with E-state index in [-0.39, 0.29) is 0 Å². The van der Waals surface area contributed by atoms with Crippen molar-refractivity contribution in [3.05, 3.63) is 16.6 Å². The van der Waals surface area contributed by atoms with Crippen molar-refractivity contribution in [2.75, 3.05) is 25.5 Å². The first-order valence-electron chi connectivity index (χ1n) is 6.08. The molecule has 0 aromatic carbocycles. The molecular weight excluding hydrogens is 268 g/mol. The van der Waals surface area contributed by atoms with Crippen LogP contribution in [-0.4, -0.2) is 41.3 Å². The lowest BCUT2D eigenvalue weighted by molar-refractivity contribution is 0.261. The molecule has 0 amide bonds. The van der Waals surface area contributed by atoms with E-state index in [1.807, 2.05) is 5.38 Å². The molecule has 1 fully saturated rings.